The molecular formula is C21H16OS. The third kappa shape index (κ3) is 3.77. The standard InChI is InChI=1S/C21H16OS/c1-2-16-8-10-17(11-9-16)12-13-19-14-15-20(23-19)21(22)18-6-4-3-5-7-18/h3-11,14-15H,2H2,1H3. The predicted octanol–water partition coefficient (Wildman–Crippen LogP) is 4.94. The first kappa shape index (κ1) is 15.3. The summed E-state index contributed by atoms with van der Waals surface area (Å²) in [4.78, 5) is 14.0. The van der Waals surface area contributed by atoms with Crippen LogP contribution in [0, 0.1) is 11.8 Å². The topological polar surface area (TPSA) is 17.1 Å². The zero-order valence-corrected chi connectivity index (χ0v) is 13.7. The second kappa shape index (κ2) is 7.09. The lowest BCUT2D eigenvalue weighted by atomic mass is 10.1. The molecule has 112 valence electrons. The van der Waals surface area contributed by atoms with E-state index in [0.717, 1.165) is 21.7 Å². The Hall–Kier alpha value is -2.63. The molecule has 0 saturated carbocycles. The van der Waals surface area contributed by atoms with Crippen molar-refractivity contribution in [2.75, 3.05) is 0 Å². The molecule has 0 spiro atoms. The second-order valence-electron chi connectivity index (χ2n) is 5.16. The van der Waals surface area contributed by atoms with Gasteiger partial charge in [-0.2, -0.15) is 0 Å². The van der Waals surface area contributed by atoms with E-state index in [9.17, 15) is 4.79 Å². The van der Waals surface area contributed by atoms with Gasteiger partial charge in [0.1, 0.15) is 0 Å². The van der Waals surface area contributed by atoms with E-state index < -0.39 is 0 Å². The van der Waals surface area contributed by atoms with Crippen LogP contribution in [0.2, 0.25) is 0 Å². The van der Waals surface area contributed by atoms with Gasteiger partial charge in [0.05, 0.1) is 9.75 Å². The molecule has 1 aromatic heterocycles. The fourth-order valence-corrected chi connectivity index (χ4v) is 3.04. The maximum atomic E-state index is 12.4. The van der Waals surface area contributed by atoms with Crippen LogP contribution >= 0.6 is 11.3 Å². The minimum Gasteiger partial charge on any atom is -0.288 e. The predicted molar refractivity (Wildman–Crippen MR) is 96.0 cm³/mol. The van der Waals surface area contributed by atoms with Crippen molar-refractivity contribution in [2.45, 2.75) is 13.3 Å². The fraction of sp³-hybridized carbons (Fsp3) is 0.0952. The Balaban J connectivity index is 1.77. The lowest BCUT2D eigenvalue weighted by Crippen LogP contribution is -1.97. The molecule has 0 fully saturated rings. The minimum atomic E-state index is 0.0518. The van der Waals surface area contributed by atoms with Crippen LogP contribution in [0.3, 0.4) is 0 Å². The lowest BCUT2D eigenvalue weighted by Gasteiger charge is -1.96. The third-order valence-corrected chi connectivity index (χ3v) is 4.56. The molecule has 0 aliphatic rings. The van der Waals surface area contributed by atoms with Gasteiger partial charge in [0.15, 0.2) is 0 Å². The summed E-state index contributed by atoms with van der Waals surface area (Å²) in [6, 6.07) is 21.4. The number of benzene rings is 2. The third-order valence-electron chi connectivity index (χ3n) is 3.56. The van der Waals surface area contributed by atoms with E-state index in [-0.39, 0.29) is 5.78 Å². The Bertz CT molecular complexity index is 861. The number of aryl methyl sites for hydroxylation is 1. The first-order valence-corrected chi connectivity index (χ1v) is 8.38. The van der Waals surface area contributed by atoms with E-state index in [2.05, 4.69) is 30.9 Å². The van der Waals surface area contributed by atoms with Crippen LogP contribution in [-0.4, -0.2) is 5.78 Å². The van der Waals surface area contributed by atoms with Gasteiger partial charge in [-0.05, 0) is 36.2 Å². The van der Waals surface area contributed by atoms with Gasteiger partial charge < -0.3 is 0 Å². The molecule has 0 radical (unpaired) electrons. The molecule has 2 aromatic carbocycles. The molecule has 1 heterocycles. The average Bonchev–Trinajstić information content (AvgIpc) is 3.09. The summed E-state index contributed by atoms with van der Waals surface area (Å²) in [6.07, 6.45) is 1.03. The van der Waals surface area contributed by atoms with Crippen LogP contribution in [0.4, 0.5) is 0 Å². The molecule has 2 heteroatoms. The number of rotatable bonds is 3. The van der Waals surface area contributed by atoms with E-state index >= 15 is 0 Å². The molecule has 0 aliphatic carbocycles. The zero-order valence-electron chi connectivity index (χ0n) is 12.9. The largest absolute Gasteiger partial charge is 0.288 e. The highest BCUT2D eigenvalue weighted by molar-refractivity contribution is 7.14. The molecule has 23 heavy (non-hydrogen) atoms. The van der Waals surface area contributed by atoms with Crippen LogP contribution in [0.1, 0.15) is 38.2 Å². The molecule has 1 nitrogen and oxygen atoms in total. The van der Waals surface area contributed by atoms with Crippen molar-refractivity contribution in [1.82, 2.24) is 0 Å². The Labute approximate surface area is 140 Å². The molecule has 0 aliphatic heterocycles. The summed E-state index contributed by atoms with van der Waals surface area (Å²) < 4.78 is 0. The Kier molecular flexibility index (Phi) is 4.71. The SMILES string of the molecule is CCc1ccc(C#Cc2ccc(C(=O)c3ccccc3)s2)cc1. The average molecular weight is 316 g/mol. The van der Waals surface area contributed by atoms with Gasteiger partial charge in [0.2, 0.25) is 5.78 Å². The number of thiophene rings is 1. The highest BCUT2D eigenvalue weighted by Crippen LogP contribution is 2.19. The molecule has 0 bridgehead atoms. The van der Waals surface area contributed by atoms with Gasteiger partial charge in [-0.3, -0.25) is 4.79 Å². The number of carbonyl (C=O) groups excluding carboxylic acids is 1. The van der Waals surface area contributed by atoms with Gasteiger partial charge in [0, 0.05) is 11.1 Å². The molecule has 0 N–H and O–H groups in total. The lowest BCUT2D eigenvalue weighted by molar-refractivity contribution is 0.104. The van der Waals surface area contributed by atoms with Crippen molar-refractivity contribution in [3.05, 3.63) is 93.2 Å². The van der Waals surface area contributed by atoms with Crippen LogP contribution < -0.4 is 0 Å². The minimum absolute atomic E-state index is 0.0518. The van der Waals surface area contributed by atoms with Crippen molar-refractivity contribution in [2.24, 2.45) is 0 Å². The van der Waals surface area contributed by atoms with E-state index in [1.54, 1.807) is 0 Å². The van der Waals surface area contributed by atoms with Crippen molar-refractivity contribution in [1.29, 1.82) is 0 Å². The molecule has 0 atom stereocenters. The first-order valence-electron chi connectivity index (χ1n) is 7.57. The molecule has 3 aromatic rings. The fourth-order valence-electron chi connectivity index (χ4n) is 2.22. The van der Waals surface area contributed by atoms with E-state index in [4.69, 9.17) is 0 Å². The summed E-state index contributed by atoms with van der Waals surface area (Å²) >= 11 is 1.44. The van der Waals surface area contributed by atoms with Crippen LogP contribution in [-0.2, 0) is 6.42 Å². The quantitative estimate of drug-likeness (QED) is 0.494. The first-order chi connectivity index (χ1) is 11.3. The molecular weight excluding hydrogens is 300 g/mol. The smallest absolute Gasteiger partial charge is 0.202 e. The number of carbonyl (C=O) groups is 1. The van der Waals surface area contributed by atoms with Gasteiger partial charge in [-0.25, -0.2) is 0 Å². The second-order valence-corrected chi connectivity index (χ2v) is 6.24. The Morgan fingerprint density at radius 3 is 2.35 bits per heavy atom. The van der Waals surface area contributed by atoms with Gasteiger partial charge >= 0.3 is 0 Å². The van der Waals surface area contributed by atoms with Gasteiger partial charge in [-0.1, -0.05) is 61.2 Å². The Morgan fingerprint density at radius 2 is 1.65 bits per heavy atom. The summed E-state index contributed by atoms with van der Waals surface area (Å²) in [7, 11) is 0. The summed E-state index contributed by atoms with van der Waals surface area (Å²) in [5, 5.41) is 0. The number of hydrogen-bond acceptors (Lipinski definition) is 2. The maximum absolute atomic E-state index is 12.4. The normalized spacial score (nSPS) is 9.96. The molecule has 0 saturated heterocycles. The highest BCUT2D eigenvalue weighted by Gasteiger charge is 2.10. The molecule has 0 amide bonds. The van der Waals surface area contributed by atoms with Crippen molar-refractivity contribution in [3.63, 3.8) is 0 Å². The summed E-state index contributed by atoms with van der Waals surface area (Å²) in [5.74, 6) is 6.35. The van der Waals surface area contributed by atoms with Gasteiger partial charge in [-0.15, -0.1) is 11.3 Å². The number of ketones is 1. The van der Waals surface area contributed by atoms with E-state index in [0.29, 0.717) is 5.56 Å². The maximum Gasteiger partial charge on any atom is 0.202 e. The van der Waals surface area contributed by atoms with Gasteiger partial charge in [0.25, 0.3) is 0 Å². The monoisotopic (exact) mass is 316 g/mol. The van der Waals surface area contributed by atoms with Crippen LogP contribution in [0.25, 0.3) is 0 Å². The van der Waals surface area contributed by atoms with Crippen molar-refractivity contribution < 1.29 is 4.79 Å². The summed E-state index contributed by atoms with van der Waals surface area (Å²) in [5.41, 5.74) is 3.01. The van der Waals surface area contributed by atoms with Crippen molar-refractivity contribution >= 4 is 17.1 Å². The van der Waals surface area contributed by atoms with E-state index in [1.807, 2.05) is 54.6 Å². The number of hydrogen-bond donors (Lipinski definition) is 0. The highest BCUT2D eigenvalue weighted by atomic mass is 32.1. The molecule has 3 rings (SSSR count). The Morgan fingerprint density at radius 1 is 0.913 bits per heavy atom. The summed E-state index contributed by atoms with van der Waals surface area (Å²) in [6.45, 7) is 2.14. The zero-order chi connectivity index (χ0) is 16.1. The van der Waals surface area contributed by atoms with Crippen molar-refractivity contribution in [3.8, 4) is 11.8 Å². The van der Waals surface area contributed by atoms with Crippen LogP contribution in [0.15, 0.2) is 66.7 Å². The molecule has 0 unspecified atom stereocenters. The van der Waals surface area contributed by atoms with Crippen LogP contribution in [0.5, 0.6) is 0 Å². The van der Waals surface area contributed by atoms with E-state index in [1.165, 1.54) is 16.9 Å².